The summed E-state index contributed by atoms with van der Waals surface area (Å²) in [6.45, 7) is 10.4. The molecule has 2 atom stereocenters. The smallest absolute Gasteiger partial charge is 0.395 e. The first-order valence-corrected chi connectivity index (χ1v) is 16.2. The Morgan fingerprint density at radius 2 is 1.76 bits per heavy atom. The molecule has 5 nitrogen and oxygen atoms in total. The Balaban J connectivity index is 1.54. The number of benzene rings is 2. The molecule has 0 bridgehead atoms. The van der Waals surface area contributed by atoms with E-state index in [1.54, 1.807) is 7.11 Å². The van der Waals surface area contributed by atoms with E-state index in [-0.39, 0.29) is 29.4 Å². The van der Waals surface area contributed by atoms with Gasteiger partial charge in [0.25, 0.3) is 0 Å². The zero-order valence-corrected chi connectivity index (χ0v) is 27.8. The molecule has 1 aliphatic carbocycles. The number of nitrogens with zero attached hydrogens (tertiary/aromatic N) is 1. The molecule has 0 saturated carbocycles. The van der Waals surface area contributed by atoms with Crippen LogP contribution in [0.2, 0.25) is 0 Å². The lowest BCUT2D eigenvalue weighted by Crippen LogP contribution is -2.47. The molecule has 4 rings (SSSR count). The number of ether oxygens (including phenoxy) is 3. The molecule has 0 aromatic heterocycles. The van der Waals surface area contributed by atoms with Gasteiger partial charge in [-0.05, 0) is 114 Å². The third-order valence-corrected chi connectivity index (χ3v) is 9.59. The summed E-state index contributed by atoms with van der Waals surface area (Å²) >= 11 is 0. The maximum atomic E-state index is 14.1. The van der Waals surface area contributed by atoms with Crippen LogP contribution in [0.25, 0.3) is 5.57 Å². The van der Waals surface area contributed by atoms with Crippen molar-refractivity contribution < 1.29 is 32.2 Å². The molecule has 2 aromatic carbocycles. The standard InChI is InChI=1S/C37H50F3NO4/c1-7-44-33(42)30-14-12-29(13-15-30)28-10-8-27(9-11-28)24-41(26-34(2,3)37(38,39)40)22-20-36(21-23-45-35(4,5)25-36)31-16-18-32(43-6)19-17-31/h8-12,16-19,30H,7,13-15,20-26H2,1-6H3/t30?,36-/m1/s1. The molecule has 1 unspecified atom stereocenters. The molecule has 1 fully saturated rings. The lowest BCUT2D eigenvalue weighted by molar-refractivity contribution is -0.217. The number of carbonyl (C=O) groups excluding carboxylic acids is 1. The van der Waals surface area contributed by atoms with E-state index in [4.69, 9.17) is 14.2 Å². The van der Waals surface area contributed by atoms with E-state index in [2.05, 4.69) is 44.2 Å². The van der Waals surface area contributed by atoms with Crippen LogP contribution in [-0.4, -0.2) is 56.1 Å². The van der Waals surface area contributed by atoms with Crippen LogP contribution >= 0.6 is 0 Å². The van der Waals surface area contributed by atoms with Crippen molar-refractivity contribution in [2.24, 2.45) is 11.3 Å². The summed E-state index contributed by atoms with van der Waals surface area (Å²) in [6, 6.07) is 16.3. The second kappa shape index (κ2) is 14.3. The third kappa shape index (κ3) is 8.91. The zero-order valence-electron chi connectivity index (χ0n) is 27.8. The molecule has 0 amide bonds. The maximum absolute atomic E-state index is 14.1. The maximum Gasteiger partial charge on any atom is 0.395 e. The van der Waals surface area contributed by atoms with Crippen LogP contribution in [0, 0.1) is 11.3 Å². The van der Waals surface area contributed by atoms with Gasteiger partial charge in [0.2, 0.25) is 0 Å². The number of methoxy groups -OCH3 is 1. The average molecular weight is 630 g/mol. The SMILES string of the molecule is CCOC(=O)C1CC=C(c2ccc(CN(CC[C@@]3(c4ccc(OC)cc4)CCOC(C)(C)C3)CC(C)(C)C(F)(F)F)cc2)CC1. The highest BCUT2D eigenvalue weighted by atomic mass is 19.4. The minimum Gasteiger partial charge on any atom is -0.497 e. The van der Waals surface area contributed by atoms with E-state index in [9.17, 15) is 18.0 Å². The van der Waals surface area contributed by atoms with Gasteiger partial charge >= 0.3 is 12.1 Å². The quantitative estimate of drug-likeness (QED) is 0.220. The minimum atomic E-state index is -4.32. The number of carbonyl (C=O) groups is 1. The Hall–Kier alpha value is -2.84. The largest absolute Gasteiger partial charge is 0.497 e. The number of hydrogen-bond donors (Lipinski definition) is 0. The average Bonchev–Trinajstić information content (AvgIpc) is 2.99. The van der Waals surface area contributed by atoms with Gasteiger partial charge in [0.05, 0.1) is 30.7 Å². The molecule has 0 spiro atoms. The summed E-state index contributed by atoms with van der Waals surface area (Å²) in [5.41, 5.74) is 2.00. The number of rotatable bonds is 12. The molecule has 1 aliphatic heterocycles. The van der Waals surface area contributed by atoms with Crippen molar-refractivity contribution in [2.75, 3.05) is 33.4 Å². The highest BCUT2D eigenvalue weighted by Crippen LogP contribution is 2.45. The molecular formula is C37H50F3NO4. The molecule has 2 aliphatic rings. The monoisotopic (exact) mass is 629 g/mol. The van der Waals surface area contributed by atoms with Crippen molar-refractivity contribution in [2.45, 2.75) is 96.9 Å². The second-order valence-corrected chi connectivity index (χ2v) is 14.0. The fraction of sp³-hybridized carbons (Fsp3) is 0.595. The first-order valence-electron chi connectivity index (χ1n) is 16.2. The summed E-state index contributed by atoms with van der Waals surface area (Å²) in [7, 11) is 1.64. The van der Waals surface area contributed by atoms with Crippen molar-refractivity contribution in [3.63, 3.8) is 0 Å². The number of halogens is 3. The van der Waals surface area contributed by atoms with Gasteiger partial charge in [-0.3, -0.25) is 9.69 Å². The Kier molecular flexibility index (Phi) is 11.1. The summed E-state index contributed by atoms with van der Waals surface area (Å²) in [6.07, 6.45) is 2.31. The normalized spacial score (nSPS) is 22.2. The van der Waals surface area contributed by atoms with Gasteiger partial charge in [-0.1, -0.05) is 42.5 Å². The van der Waals surface area contributed by atoms with Crippen LogP contribution in [0.3, 0.4) is 0 Å². The van der Waals surface area contributed by atoms with Crippen LogP contribution in [0.1, 0.15) is 89.8 Å². The number of allylic oxidation sites excluding steroid dienone is 2. The van der Waals surface area contributed by atoms with Gasteiger partial charge in [-0.2, -0.15) is 13.2 Å². The molecule has 1 saturated heterocycles. The van der Waals surface area contributed by atoms with Crippen molar-refractivity contribution in [3.05, 3.63) is 71.3 Å². The van der Waals surface area contributed by atoms with Crippen LogP contribution in [0.5, 0.6) is 5.75 Å². The lowest BCUT2D eigenvalue weighted by atomic mass is 9.67. The minimum absolute atomic E-state index is 0.0963. The van der Waals surface area contributed by atoms with E-state index in [1.165, 1.54) is 25.0 Å². The number of alkyl halides is 3. The van der Waals surface area contributed by atoms with Crippen molar-refractivity contribution in [1.29, 1.82) is 0 Å². The lowest BCUT2D eigenvalue weighted by Gasteiger charge is -2.46. The predicted molar refractivity (Wildman–Crippen MR) is 172 cm³/mol. The zero-order chi connectivity index (χ0) is 32.9. The Bertz CT molecular complexity index is 1300. The van der Waals surface area contributed by atoms with Crippen LogP contribution in [-0.2, 0) is 26.2 Å². The van der Waals surface area contributed by atoms with Gasteiger partial charge < -0.3 is 14.2 Å². The molecule has 248 valence electrons. The first-order chi connectivity index (χ1) is 21.2. The molecule has 45 heavy (non-hydrogen) atoms. The highest BCUT2D eigenvalue weighted by Gasteiger charge is 2.48. The van der Waals surface area contributed by atoms with E-state index in [0.29, 0.717) is 39.1 Å². The van der Waals surface area contributed by atoms with E-state index >= 15 is 0 Å². The number of hydrogen-bond acceptors (Lipinski definition) is 5. The Morgan fingerprint density at radius 3 is 2.31 bits per heavy atom. The topological polar surface area (TPSA) is 48.0 Å². The highest BCUT2D eigenvalue weighted by molar-refractivity contribution is 5.75. The fourth-order valence-electron chi connectivity index (χ4n) is 6.91. The van der Waals surface area contributed by atoms with Gasteiger partial charge in [-0.25, -0.2) is 0 Å². The Morgan fingerprint density at radius 1 is 1.07 bits per heavy atom. The third-order valence-electron chi connectivity index (χ3n) is 9.59. The van der Waals surface area contributed by atoms with Crippen molar-refractivity contribution >= 4 is 11.5 Å². The molecule has 1 heterocycles. The van der Waals surface area contributed by atoms with Gasteiger partial charge in [0.15, 0.2) is 0 Å². The second-order valence-electron chi connectivity index (χ2n) is 14.0. The van der Waals surface area contributed by atoms with E-state index in [1.807, 2.05) is 36.1 Å². The Labute approximate surface area is 267 Å². The fourth-order valence-corrected chi connectivity index (χ4v) is 6.91. The van der Waals surface area contributed by atoms with Gasteiger partial charge in [-0.15, -0.1) is 0 Å². The van der Waals surface area contributed by atoms with Crippen molar-refractivity contribution in [3.8, 4) is 5.75 Å². The molecule has 0 N–H and O–H groups in total. The first kappa shape index (κ1) is 35.0. The van der Waals surface area contributed by atoms with E-state index in [0.717, 1.165) is 42.6 Å². The number of esters is 1. The van der Waals surface area contributed by atoms with Gasteiger partial charge in [0, 0.05) is 25.1 Å². The molecule has 0 radical (unpaired) electrons. The van der Waals surface area contributed by atoms with Crippen molar-refractivity contribution in [1.82, 2.24) is 4.90 Å². The summed E-state index contributed by atoms with van der Waals surface area (Å²) < 4.78 is 59.1. The summed E-state index contributed by atoms with van der Waals surface area (Å²) in [4.78, 5) is 14.1. The van der Waals surface area contributed by atoms with E-state index < -0.39 is 11.6 Å². The van der Waals surface area contributed by atoms with Gasteiger partial charge in [0.1, 0.15) is 5.75 Å². The molecule has 8 heteroatoms. The van der Waals surface area contributed by atoms with Crippen LogP contribution < -0.4 is 4.74 Å². The van der Waals surface area contributed by atoms with Crippen LogP contribution in [0.4, 0.5) is 13.2 Å². The van der Waals surface area contributed by atoms with Crippen LogP contribution in [0.15, 0.2) is 54.6 Å². The summed E-state index contributed by atoms with van der Waals surface area (Å²) in [5, 5.41) is 0. The summed E-state index contributed by atoms with van der Waals surface area (Å²) in [5.74, 6) is 0.546. The molecular weight excluding hydrogens is 579 g/mol. The predicted octanol–water partition coefficient (Wildman–Crippen LogP) is 8.75. The molecule has 2 aromatic rings.